The highest BCUT2D eigenvalue weighted by atomic mass is 16.8. The van der Waals surface area contributed by atoms with E-state index in [-0.39, 0.29) is 47.1 Å². The van der Waals surface area contributed by atoms with Gasteiger partial charge in [0, 0.05) is 23.5 Å². The third-order valence-corrected chi connectivity index (χ3v) is 7.70. The van der Waals surface area contributed by atoms with Gasteiger partial charge in [-0.15, -0.1) is 6.58 Å². The van der Waals surface area contributed by atoms with Crippen LogP contribution >= 0.6 is 0 Å². The van der Waals surface area contributed by atoms with Gasteiger partial charge in [0.25, 0.3) is 0 Å². The first kappa shape index (κ1) is 29.4. The monoisotopic (exact) mass is 584 g/mol. The summed E-state index contributed by atoms with van der Waals surface area (Å²) in [5, 5.41) is 52.5. The second-order valence-corrected chi connectivity index (χ2v) is 10.3. The molecule has 2 aromatic rings. The van der Waals surface area contributed by atoms with Crippen molar-refractivity contribution < 1.29 is 58.8 Å². The maximum atomic E-state index is 13.6. The van der Waals surface area contributed by atoms with E-state index in [1.807, 2.05) is 0 Å². The molecule has 0 aliphatic carbocycles. The molecule has 0 amide bonds. The summed E-state index contributed by atoms with van der Waals surface area (Å²) in [5.74, 6) is -3.58. The molecule has 8 unspecified atom stereocenters. The number of benzene rings is 2. The average molecular weight is 585 g/mol. The topological polar surface area (TPSA) is 181 Å². The molecule has 12 heteroatoms. The van der Waals surface area contributed by atoms with E-state index in [9.17, 15) is 35.1 Å². The Hall–Kier alpha value is -4.10. The zero-order chi connectivity index (χ0) is 30.1. The Morgan fingerprint density at radius 3 is 2.60 bits per heavy atom. The molecule has 42 heavy (non-hydrogen) atoms. The zero-order valence-corrected chi connectivity index (χ0v) is 22.7. The Kier molecular flexibility index (Phi) is 8.41. The lowest BCUT2D eigenvalue weighted by molar-refractivity contribution is -0.336. The van der Waals surface area contributed by atoms with Crippen molar-refractivity contribution in [2.24, 2.45) is 11.8 Å². The molecule has 0 saturated carbocycles. The van der Waals surface area contributed by atoms with Gasteiger partial charge in [0.2, 0.25) is 12.6 Å². The van der Waals surface area contributed by atoms with Crippen molar-refractivity contribution in [2.75, 3.05) is 6.61 Å². The number of ether oxygens (including phenoxy) is 5. The summed E-state index contributed by atoms with van der Waals surface area (Å²) in [7, 11) is 0. The van der Waals surface area contributed by atoms with Gasteiger partial charge in [0.1, 0.15) is 35.0 Å². The molecular weight excluding hydrogens is 552 g/mol. The predicted octanol–water partition coefficient (Wildman–Crippen LogP) is 2.47. The number of carbonyl (C=O) groups excluding carboxylic acids is 2. The van der Waals surface area contributed by atoms with Gasteiger partial charge in [-0.2, -0.15) is 0 Å². The van der Waals surface area contributed by atoms with E-state index in [0.717, 1.165) is 6.07 Å². The number of phenols is 3. The molecule has 2 fully saturated rings. The Morgan fingerprint density at radius 2 is 1.88 bits per heavy atom. The highest BCUT2D eigenvalue weighted by molar-refractivity contribution is 6.00. The molecule has 2 aromatic carbocycles. The molecule has 2 saturated heterocycles. The molecule has 0 bridgehead atoms. The first-order valence-electron chi connectivity index (χ1n) is 13.5. The van der Waals surface area contributed by atoms with Crippen LogP contribution in [0.15, 0.2) is 60.9 Å². The number of carbonyl (C=O) groups is 2. The van der Waals surface area contributed by atoms with Crippen molar-refractivity contribution in [3.8, 4) is 28.4 Å². The molecular formula is C30H32O12. The van der Waals surface area contributed by atoms with Crippen LogP contribution in [-0.2, 0) is 28.5 Å². The van der Waals surface area contributed by atoms with Crippen LogP contribution in [0.1, 0.15) is 30.1 Å². The van der Waals surface area contributed by atoms with Crippen LogP contribution < -0.4 is 0 Å². The second-order valence-electron chi connectivity index (χ2n) is 10.3. The highest BCUT2D eigenvalue weighted by Gasteiger charge is 2.50. The summed E-state index contributed by atoms with van der Waals surface area (Å²) in [5.41, 5.74) is 0.282. The number of hydrogen-bond donors (Lipinski definition) is 5. The first-order valence-corrected chi connectivity index (χ1v) is 13.5. The molecule has 5 rings (SSSR count). The Labute approximate surface area is 241 Å². The van der Waals surface area contributed by atoms with Crippen molar-refractivity contribution in [2.45, 2.75) is 56.8 Å². The molecule has 0 aromatic heterocycles. The lowest BCUT2D eigenvalue weighted by Gasteiger charge is -2.44. The molecule has 8 atom stereocenters. The SMILES string of the molecule is C=CC1C(OC2OC(CC)C(O)C(O)C2OC(=O)c2c(O)cc(O)cc2-c2cccc(O)c2)OC=C2C(=O)OCCC21. The van der Waals surface area contributed by atoms with Crippen LogP contribution in [0.3, 0.4) is 0 Å². The molecule has 0 spiro atoms. The summed E-state index contributed by atoms with van der Waals surface area (Å²) in [6, 6.07) is 7.93. The van der Waals surface area contributed by atoms with Crippen molar-refractivity contribution in [1.82, 2.24) is 0 Å². The van der Waals surface area contributed by atoms with Crippen LogP contribution in [0.5, 0.6) is 17.2 Å². The minimum atomic E-state index is -1.66. The highest BCUT2D eigenvalue weighted by Crippen LogP contribution is 2.40. The number of phenolic OH excluding ortho intramolecular Hbond substituents is 3. The predicted molar refractivity (Wildman–Crippen MR) is 144 cm³/mol. The molecule has 5 N–H and O–H groups in total. The molecule has 3 heterocycles. The van der Waals surface area contributed by atoms with Crippen molar-refractivity contribution in [1.29, 1.82) is 0 Å². The second kappa shape index (κ2) is 12.0. The fourth-order valence-corrected chi connectivity index (χ4v) is 5.54. The van der Waals surface area contributed by atoms with Gasteiger partial charge in [-0.05, 0) is 36.6 Å². The largest absolute Gasteiger partial charge is 0.508 e. The van der Waals surface area contributed by atoms with Gasteiger partial charge in [-0.3, -0.25) is 0 Å². The van der Waals surface area contributed by atoms with Gasteiger partial charge in [0.05, 0.1) is 24.5 Å². The van der Waals surface area contributed by atoms with Crippen LogP contribution in [0.2, 0.25) is 0 Å². The first-order chi connectivity index (χ1) is 20.1. The van der Waals surface area contributed by atoms with Crippen molar-refractivity contribution in [3.63, 3.8) is 0 Å². The van der Waals surface area contributed by atoms with E-state index in [4.69, 9.17) is 23.7 Å². The maximum absolute atomic E-state index is 13.6. The van der Waals surface area contributed by atoms with Gasteiger partial charge in [-0.1, -0.05) is 25.1 Å². The van der Waals surface area contributed by atoms with Crippen LogP contribution in [0.4, 0.5) is 0 Å². The fourth-order valence-electron chi connectivity index (χ4n) is 5.54. The van der Waals surface area contributed by atoms with Crippen molar-refractivity contribution >= 4 is 11.9 Å². The van der Waals surface area contributed by atoms with Crippen LogP contribution in [-0.4, -0.2) is 81.1 Å². The Balaban J connectivity index is 1.46. The molecule has 3 aliphatic heterocycles. The van der Waals surface area contributed by atoms with E-state index in [1.165, 1.54) is 30.5 Å². The van der Waals surface area contributed by atoms with E-state index < -0.39 is 60.6 Å². The number of aliphatic hydroxyl groups excluding tert-OH is 2. The molecule has 12 nitrogen and oxygen atoms in total. The van der Waals surface area contributed by atoms with Crippen LogP contribution in [0, 0.1) is 11.8 Å². The minimum absolute atomic E-state index is 0.0354. The normalized spacial score (nSPS) is 30.7. The summed E-state index contributed by atoms with van der Waals surface area (Å²) in [6.45, 7) is 5.78. The minimum Gasteiger partial charge on any atom is -0.508 e. The quantitative estimate of drug-likeness (QED) is 0.237. The lowest BCUT2D eigenvalue weighted by Crippen LogP contribution is -2.60. The smallest absolute Gasteiger partial charge is 0.343 e. The van der Waals surface area contributed by atoms with E-state index in [2.05, 4.69) is 6.58 Å². The number of esters is 2. The van der Waals surface area contributed by atoms with Crippen molar-refractivity contribution in [3.05, 3.63) is 66.5 Å². The number of fused-ring (bicyclic) bond motifs is 1. The summed E-state index contributed by atoms with van der Waals surface area (Å²) < 4.78 is 28.5. The third-order valence-electron chi connectivity index (χ3n) is 7.70. The number of hydrogen-bond acceptors (Lipinski definition) is 12. The van der Waals surface area contributed by atoms with E-state index in [1.54, 1.807) is 19.1 Å². The van der Waals surface area contributed by atoms with Gasteiger partial charge in [0.15, 0.2) is 6.10 Å². The number of aromatic hydroxyl groups is 3. The lowest BCUT2D eigenvalue weighted by atomic mass is 9.81. The maximum Gasteiger partial charge on any atom is 0.343 e. The summed E-state index contributed by atoms with van der Waals surface area (Å²) >= 11 is 0. The van der Waals surface area contributed by atoms with Gasteiger partial charge < -0.3 is 49.2 Å². The van der Waals surface area contributed by atoms with Gasteiger partial charge >= 0.3 is 11.9 Å². The summed E-state index contributed by atoms with van der Waals surface area (Å²) in [4.78, 5) is 25.8. The van der Waals surface area contributed by atoms with Gasteiger partial charge in [-0.25, -0.2) is 9.59 Å². The number of cyclic esters (lactones) is 1. The average Bonchev–Trinajstić information content (AvgIpc) is 2.96. The van der Waals surface area contributed by atoms with Crippen LogP contribution in [0.25, 0.3) is 11.1 Å². The molecule has 3 aliphatic rings. The fraction of sp³-hybridized carbons (Fsp3) is 0.400. The summed E-state index contributed by atoms with van der Waals surface area (Å²) in [6.07, 6.45) is -4.49. The number of aliphatic hydroxyl groups is 2. The zero-order valence-electron chi connectivity index (χ0n) is 22.7. The van der Waals surface area contributed by atoms with E-state index >= 15 is 0 Å². The standard InChI is InChI=1S/C30H32O12/c1-3-17-18-8-9-38-27(36)20(18)13-39-29(17)42-30-26(25(35)24(34)22(4-2)40-30)41-28(37)23-19(11-16(32)12-21(23)33)14-6-5-7-15(31)10-14/h3,5-7,10-13,17-18,22,24-26,29-35H,1,4,8-9H2,2H3. The molecule has 0 radical (unpaired) electrons. The van der Waals surface area contributed by atoms with E-state index in [0.29, 0.717) is 12.0 Å². The Morgan fingerprint density at radius 1 is 1.10 bits per heavy atom. The Bertz CT molecular complexity index is 1390. The number of rotatable bonds is 7. The third kappa shape index (κ3) is 5.53. The molecule has 224 valence electrons.